The molecule has 1 amide bonds. The zero-order chi connectivity index (χ0) is 15.9. The predicted octanol–water partition coefficient (Wildman–Crippen LogP) is -0.765. The molecule has 4 N–H and O–H groups in total. The van der Waals surface area contributed by atoms with E-state index in [2.05, 4.69) is 5.32 Å². The van der Waals surface area contributed by atoms with Crippen LogP contribution < -0.4 is 10.6 Å². The number of hydrogen-bond donors (Lipinski definition) is 4. The summed E-state index contributed by atoms with van der Waals surface area (Å²) >= 11 is 0. The molecule has 20 heavy (non-hydrogen) atoms. The van der Waals surface area contributed by atoms with E-state index in [0.29, 0.717) is 6.42 Å². The van der Waals surface area contributed by atoms with E-state index in [1.54, 1.807) is 13.8 Å². The van der Waals surface area contributed by atoms with Gasteiger partial charge in [-0.1, -0.05) is 20.8 Å². The highest BCUT2D eigenvalue weighted by molar-refractivity contribution is 6.01. The predicted molar refractivity (Wildman–Crippen MR) is 69.2 cm³/mol. The first-order chi connectivity index (χ1) is 9.11. The number of ketones is 1. The first-order valence-corrected chi connectivity index (χ1v) is 6.10. The van der Waals surface area contributed by atoms with Crippen LogP contribution in [0.2, 0.25) is 0 Å². The van der Waals surface area contributed by atoms with Gasteiger partial charge in [0, 0.05) is 5.41 Å². The molecule has 0 unspecified atom stereocenters. The molecule has 0 saturated heterocycles. The minimum Gasteiger partial charge on any atom is -0.479 e. The number of Topliss-reactive ketones (excluding diaryl/α,β-unsaturated/α-hetero) is 1. The van der Waals surface area contributed by atoms with Gasteiger partial charge in [0.15, 0.2) is 5.78 Å². The number of amides is 1. The van der Waals surface area contributed by atoms with Gasteiger partial charge in [-0.2, -0.15) is 0 Å². The number of hydrogen-bond acceptors (Lipinski definition) is 5. The van der Waals surface area contributed by atoms with Crippen molar-refractivity contribution in [3.8, 4) is 0 Å². The van der Waals surface area contributed by atoms with Crippen LogP contribution in [-0.2, 0) is 19.2 Å². The Labute approximate surface area is 116 Å². The van der Waals surface area contributed by atoms with Crippen LogP contribution in [0.25, 0.3) is 0 Å². The fourth-order valence-corrected chi connectivity index (χ4v) is 1.17. The quantitative estimate of drug-likeness (QED) is 0.410. The van der Waals surface area contributed by atoms with Crippen LogP contribution in [0.15, 0.2) is 0 Å². The summed E-state index contributed by atoms with van der Waals surface area (Å²) in [6, 6.07) is -1.99. The second-order valence-corrected chi connectivity index (χ2v) is 4.94. The summed E-state index contributed by atoms with van der Waals surface area (Å²) in [5, 5.41) is 21.5. The Morgan fingerprint density at radius 3 is 1.95 bits per heavy atom. The molecule has 0 radical (unpaired) electrons. The maximum absolute atomic E-state index is 11.7. The van der Waals surface area contributed by atoms with Crippen LogP contribution in [0.5, 0.6) is 0 Å². The molecule has 0 aliphatic rings. The molecule has 0 atom stereocenters. The van der Waals surface area contributed by atoms with Crippen LogP contribution in [0.1, 0.15) is 27.2 Å². The fourth-order valence-electron chi connectivity index (χ4n) is 1.17. The number of carbonyl (C=O) groups is 4. The van der Waals surface area contributed by atoms with Crippen LogP contribution in [-0.4, -0.2) is 53.0 Å². The average molecular weight is 288 g/mol. The van der Waals surface area contributed by atoms with E-state index >= 15 is 0 Å². The molecule has 0 aromatic heterocycles. The second kappa shape index (κ2) is 7.59. The van der Waals surface area contributed by atoms with Crippen molar-refractivity contribution in [2.24, 2.45) is 5.41 Å². The molecule has 0 saturated carbocycles. The smallest absolute Gasteiger partial charge is 0.338 e. The zero-order valence-corrected chi connectivity index (χ0v) is 11.7. The molecule has 0 heterocycles. The maximum atomic E-state index is 11.7. The van der Waals surface area contributed by atoms with Gasteiger partial charge >= 0.3 is 11.9 Å². The molecule has 8 nitrogen and oxygen atoms in total. The molecule has 0 aliphatic carbocycles. The fraction of sp³-hybridized carbons (Fsp3) is 0.667. The number of aliphatic carboxylic acids is 2. The number of carbonyl (C=O) groups excluding carboxylic acids is 2. The Morgan fingerprint density at radius 2 is 1.55 bits per heavy atom. The van der Waals surface area contributed by atoms with Crippen LogP contribution in [0.3, 0.4) is 0 Å². The van der Waals surface area contributed by atoms with Gasteiger partial charge in [-0.15, -0.1) is 0 Å². The number of carboxylic acids is 2. The van der Waals surface area contributed by atoms with Gasteiger partial charge in [0.05, 0.1) is 13.1 Å². The number of nitrogens with one attached hydrogen (secondary N) is 2. The van der Waals surface area contributed by atoms with Gasteiger partial charge in [-0.3, -0.25) is 9.59 Å². The first kappa shape index (κ1) is 18.0. The molecule has 0 aromatic carbocycles. The van der Waals surface area contributed by atoms with E-state index in [9.17, 15) is 19.2 Å². The van der Waals surface area contributed by atoms with E-state index in [-0.39, 0.29) is 18.9 Å². The van der Waals surface area contributed by atoms with E-state index < -0.39 is 29.3 Å². The third-order valence-electron chi connectivity index (χ3n) is 3.01. The van der Waals surface area contributed by atoms with Gasteiger partial charge in [-0.25, -0.2) is 9.59 Å². The highest BCUT2D eigenvalue weighted by Crippen LogP contribution is 2.20. The largest absolute Gasteiger partial charge is 0.479 e. The Morgan fingerprint density at radius 1 is 1.05 bits per heavy atom. The summed E-state index contributed by atoms with van der Waals surface area (Å²) in [5.74, 6) is -4.20. The monoisotopic (exact) mass is 288 g/mol. The minimum absolute atomic E-state index is 0.0426. The van der Waals surface area contributed by atoms with E-state index in [0.717, 1.165) is 0 Å². The van der Waals surface area contributed by atoms with Crippen molar-refractivity contribution >= 4 is 23.6 Å². The third-order valence-corrected chi connectivity index (χ3v) is 3.01. The van der Waals surface area contributed by atoms with E-state index in [1.165, 1.54) is 0 Å². The molecule has 0 spiro atoms. The molecule has 114 valence electrons. The summed E-state index contributed by atoms with van der Waals surface area (Å²) in [6.07, 6.45) is 0.653. The summed E-state index contributed by atoms with van der Waals surface area (Å²) in [5.41, 5.74) is -0.506. The van der Waals surface area contributed by atoms with Crippen LogP contribution in [0.4, 0.5) is 0 Å². The van der Waals surface area contributed by atoms with Gasteiger partial charge < -0.3 is 20.8 Å². The van der Waals surface area contributed by atoms with Gasteiger partial charge in [-0.05, 0) is 6.42 Å². The van der Waals surface area contributed by atoms with Crippen molar-refractivity contribution in [1.82, 2.24) is 10.6 Å². The van der Waals surface area contributed by atoms with Crippen LogP contribution in [0, 0.1) is 5.41 Å². The lowest BCUT2D eigenvalue weighted by atomic mass is 9.85. The minimum atomic E-state index is -1.99. The molecule has 8 heteroatoms. The van der Waals surface area contributed by atoms with Crippen molar-refractivity contribution in [2.75, 3.05) is 13.1 Å². The standard InChI is InChI=1S/C12H20N2O6/c1-4-12(2,3)7(15)5-13-6-8(16)14-9(10(17)18)11(19)20/h9,13H,4-6H2,1-3H3,(H,14,16)(H,17,18)(H,19,20). The number of rotatable bonds is 9. The molecule has 0 rings (SSSR count). The highest BCUT2D eigenvalue weighted by Gasteiger charge is 2.28. The lowest BCUT2D eigenvalue weighted by Crippen LogP contribution is -2.49. The maximum Gasteiger partial charge on any atom is 0.338 e. The molecule has 0 aliphatic heterocycles. The van der Waals surface area contributed by atoms with Gasteiger partial charge in [0.2, 0.25) is 11.9 Å². The molecule has 0 fully saturated rings. The topological polar surface area (TPSA) is 133 Å². The third kappa shape index (κ3) is 5.79. The van der Waals surface area contributed by atoms with Crippen LogP contribution >= 0.6 is 0 Å². The van der Waals surface area contributed by atoms with Crippen molar-refractivity contribution in [3.63, 3.8) is 0 Å². The summed E-state index contributed by atoms with van der Waals surface area (Å²) in [6.45, 7) is 5.06. The summed E-state index contributed by atoms with van der Waals surface area (Å²) < 4.78 is 0. The Kier molecular flexibility index (Phi) is 6.84. The zero-order valence-electron chi connectivity index (χ0n) is 11.7. The van der Waals surface area contributed by atoms with Crippen molar-refractivity contribution in [3.05, 3.63) is 0 Å². The summed E-state index contributed by atoms with van der Waals surface area (Å²) in [7, 11) is 0. The lowest BCUT2D eigenvalue weighted by Gasteiger charge is -2.20. The molecule has 0 bridgehead atoms. The first-order valence-electron chi connectivity index (χ1n) is 6.10. The van der Waals surface area contributed by atoms with Crippen molar-refractivity contribution in [2.45, 2.75) is 33.2 Å². The van der Waals surface area contributed by atoms with E-state index in [1.807, 2.05) is 12.2 Å². The van der Waals surface area contributed by atoms with Gasteiger partial charge in [0.1, 0.15) is 0 Å². The molecular formula is C12H20N2O6. The Bertz CT molecular complexity index is 391. The Hall–Kier alpha value is -1.96. The average Bonchev–Trinajstić information content (AvgIpc) is 2.34. The SMILES string of the molecule is CCC(C)(C)C(=O)CNCC(=O)NC(C(=O)O)C(=O)O. The lowest BCUT2D eigenvalue weighted by molar-refractivity contribution is -0.153. The van der Waals surface area contributed by atoms with Gasteiger partial charge in [0.25, 0.3) is 0 Å². The Balaban J connectivity index is 4.22. The second-order valence-electron chi connectivity index (χ2n) is 4.94. The van der Waals surface area contributed by atoms with Crippen molar-refractivity contribution < 1.29 is 29.4 Å². The molecular weight excluding hydrogens is 268 g/mol. The normalized spacial score (nSPS) is 11.2. The highest BCUT2D eigenvalue weighted by atomic mass is 16.4. The summed E-state index contributed by atoms with van der Waals surface area (Å²) in [4.78, 5) is 44.2. The van der Waals surface area contributed by atoms with E-state index in [4.69, 9.17) is 10.2 Å². The van der Waals surface area contributed by atoms with Crippen molar-refractivity contribution in [1.29, 1.82) is 0 Å². The molecule has 0 aromatic rings. The number of carboxylic acid groups (broad SMARTS) is 2.